The van der Waals surface area contributed by atoms with E-state index in [4.69, 9.17) is 0 Å². The third-order valence-electron chi connectivity index (χ3n) is 3.22. The fraction of sp³-hybridized carbons (Fsp3) is 0.636. The molecule has 6 nitrogen and oxygen atoms in total. The first kappa shape index (κ1) is 11.9. The Bertz CT molecular complexity index is 404. The molecule has 1 aliphatic rings. The van der Waals surface area contributed by atoms with Gasteiger partial charge in [0.25, 0.3) is 0 Å². The van der Waals surface area contributed by atoms with Gasteiger partial charge in [-0.1, -0.05) is 0 Å². The van der Waals surface area contributed by atoms with Gasteiger partial charge in [0.05, 0.1) is 5.60 Å². The predicted octanol–water partition coefficient (Wildman–Crippen LogP) is 0.765. The Morgan fingerprint density at radius 1 is 1.65 bits per heavy atom. The number of aliphatic hydroxyl groups is 1. The van der Waals surface area contributed by atoms with E-state index in [2.05, 4.69) is 15.7 Å². The zero-order valence-electron chi connectivity index (χ0n) is 10.2. The van der Waals surface area contributed by atoms with Crippen molar-refractivity contribution in [3.8, 4) is 0 Å². The number of aryl methyl sites for hydroxylation is 2. The molecule has 0 aromatic carbocycles. The zero-order valence-corrected chi connectivity index (χ0v) is 10.2. The van der Waals surface area contributed by atoms with Crippen LogP contribution in [0.2, 0.25) is 0 Å². The number of carbonyl (C=O) groups is 1. The topological polar surface area (TPSA) is 79.2 Å². The normalized spacial score (nSPS) is 17.4. The number of hydrogen-bond acceptors (Lipinski definition) is 3. The molecule has 2 rings (SSSR count). The third kappa shape index (κ3) is 2.76. The van der Waals surface area contributed by atoms with Crippen LogP contribution >= 0.6 is 0 Å². The van der Waals surface area contributed by atoms with Crippen molar-refractivity contribution in [2.75, 3.05) is 11.9 Å². The summed E-state index contributed by atoms with van der Waals surface area (Å²) in [5.74, 6) is 0.517. The van der Waals surface area contributed by atoms with Gasteiger partial charge in [0.1, 0.15) is 0 Å². The lowest BCUT2D eigenvalue weighted by molar-refractivity contribution is -0.0287. The average molecular weight is 238 g/mol. The molecule has 94 valence electrons. The molecule has 0 spiro atoms. The summed E-state index contributed by atoms with van der Waals surface area (Å²) in [6.45, 7) is 2.21. The van der Waals surface area contributed by atoms with E-state index in [9.17, 15) is 9.90 Å². The lowest BCUT2D eigenvalue weighted by Gasteiger charge is -2.36. The van der Waals surface area contributed by atoms with Crippen LogP contribution in [0.4, 0.5) is 10.6 Å². The second-order valence-electron chi connectivity index (χ2n) is 4.68. The molecule has 1 fully saturated rings. The summed E-state index contributed by atoms with van der Waals surface area (Å²) in [6, 6.07) is 1.46. The van der Waals surface area contributed by atoms with Crippen LogP contribution in [0.5, 0.6) is 0 Å². The molecular formula is C11H18N4O2. The van der Waals surface area contributed by atoms with Crippen molar-refractivity contribution in [2.24, 2.45) is 7.05 Å². The monoisotopic (exact) mass is 238 g/mol. The van der Waals surface area contributed by atoms with E-state index in [0.29, 0.717) is 12.4 Å². The molecule has 3 N–H and O–H groups in total. The highest BCUT2D eigenvalue weighted by Gasteiger charge is 2.34. The summed E-state index contributed by atoms with van der Waals surface area (Å²) >= 11 is 0. The lowest BCUT2D eigenvalue weighted by atomic mass is 9.80. The Morgan fingerprint density at radius 2 is 2.35 bits per heavy atom. The first-order chi connectivity index (χ1) is 7.98. The molecule has 1 heterocycles. The van der Waals surface area contributed by atoms with Gasteiger partial charge in [-0.05, 0) is 26.2 Å². The van der Waals surface area contributed by atoms with Crippen LogP contribution in [0.15, 0.2) is 6.07 Å². The second kappa shape index (κ2) is 4.37. The summed E-state index contributed by atoms with van der Waals surface area (Å²) in [5.41, 5.74) is 0.273. The number of urea groups is 1. The van der Waals surface area contributed by atoms with E-state index in [-0.39, 0.29) is 6.03 Å². The number of nitrogens with one attached hydrogen (secondary N) is 2. The smallest absolute Gasteiger partial charge is 0.320 e. The Balaban J connectivity index is 1.81. The molecule has 1 aromatic heterocycles. The van der Waals surface area contributed by atoms with Gasteiger partial charge in [-0.15, -0.1) is 0 Å². The number of aromatic nitrogens is 2. The molecule has 0 bridgehead atoms. The van der Waals surface area contributed by atoms with Crippen LogP contribution in [-0.2, 0) is 7.05 Å². The largest absolute Gasteiger partial charge is 0.388 e. The van der Waals surface area contributed by atoms with Crippen molar-refractivity contribution in [3.05, 3.63) is 11.8 Å². The molecule has 6 heteroatoms. The van der Waals surface area contributed by atoms with Gasteiger partial charge in [-0.3, -0.25) is 10.00 Å². The van der Waals surface area contributed by atoms with E-state index >= 15 is 0 Å². The summed E-state index contributed by atoms with van der Waals surface area (Å²) in [6.07, 6.45) is 2.55. The highest BCUT2D eigenvalue weighted by molar-refractivity contribution is 5.88. The number of rotatable bonds is 3. The van der Waals surface area contributed by atoms with Gasteiger partial charge in [0, 0.05) is 25.4 Å². The van der Waals surface area contributed by atoms with Gasteiger partial charge in [-0.25, -0.2) is 4.79 Å². The van der Waals surface area contributed by atoms with Crippen molar-refractivity contribution >= 4 is 11.8 Å². The standard InChI is InChI=1S/C11H18N4O2/c1-8-6-9(14-15(8)2)13-10(16)12-7-11(17)4-3-5-11/h6,17H,3-5,7H2,1-2H3,(H2,12,13,14,16). The Morgan fingerprint density at radius 3 is 2.82 bits per heavy atom. The molecule has 1 aromatic rings. The van der Waals surface area contributed by atoms with Crippen LogP contribution < -0.4 is 10.6 Å². The van der Waals surface area contributed by atoms with Crippen molar-refractivity contribution in [2.45, 2.75) is 31.8 Å². The summed E-state index contributed by atoms with van der Waals surface area (Å²) in [5, 5.41) is 19.2. The van der Waals surface area contributed by atoms with Crippen LogP contribution in [0, 0.1) is 6.92 Å². The summed E-state index contributed by atoms with van der Waals surface area (Å²) < 4.78 is 1.69. The molecule has 1 aliphatic carbocycles. The molecular weight excluding hydrogens is 220 g/mol. The molecule has 0 aliphatic heterocycles. The quantitative estimate of drug-likeness (QED) is 0.727. The summed E-state index contributed by atoms with van der Waals surface area (Å²) in [4.78, 5) is 11.5. The van der Waals surface area contributed by atoms with Crippen molar-refractivity contribution < 1.29 is 9.90 Å². The van der Waals surface area contributed by atoms with Gasteiger partial charge in [-0.2, -0.15) is 5.10 Å². The Kier molecular flexibility index (Phi) is 3.06. The van der Waals surface area contributed by atoms with Gasteiger partial charge in [0.2, 0.25) is 0 Å². The number of anilines is 1. The van der Waals surface area contributed by atoms with Gasteiger partial charge in [0.15, 0.2) is 5.82 Å². The SMILES string of the molecule is Cc1cc(NC(=O)NCC2(O)CCC2)nn1C. The van der Waals surface area contributed by atoms with Crippen LogP contribution in [0.25, 0.3) is 0 Å². The molecule has 0 saturated heterocycles. The minimum absolute atomic E-state index is 0.296. The highest BCUT2D eigenvalue weighted by atomic mass is 16.3. The Hall–Kier alpha value is -1.56. The third-order valence-corrected chi connectivity index (χ3v) is 3.22. The van der Waals surface area contributed by atoms with Gasteiger partial charge >= 0.3 is 6.03 Å². The van der Waals surface area contributed by atoms with E-state index in [1.807, 2.05) is 14.0 Å². The van der Waals surface area contributed by atoms with E-state index in [0.717, 1.165) is 25.0 Å². The van der Waals surface area contributed by atoms with Gasteiger partial charge < -0.3 is 10.4 Å². The number of amides is 2. The first-order valence-corrected chi connectivity index (χ1v) is 5.76. The minimum Gasteiger partial charge on any atom is -0.388 e. The van der Waals surface area contributed by atoms with Crippen LogP contribution in [0.3, 0.4) is 0 Å². The molecule has 17 heavy (non-hydrogen) atoms. The predicted molar refractivity (Wildman–Crippen MR) is 63.8 cm³/mol. The number of carbonyl (C=O) groups excluding carboxylic acids is 1. The molecule has 2 amide bonds. The number of hydrogen-bond donors (Lipinski definition) is 3. The zero-order chi connectivity index (χ0) is 12.5. The first-order valence-electron chi connectivity index (χ1n) is 5.76. The highest BCUT2D eigenvalue weighted by Crippen LogP contribution is 2.30. The van der Waals surface area contributed by atoms with E-state index < -0.39 is 5.60 Å². The van der Waals surface area contributed by atoms with Crippen molar-refractivity contribution in [1.82, 2.24) is 15.1 Å². The molecule has 0 unspecified atom stereocenters. The van der Waals surface area contributed by atoms with Crippen molar-refractivity contribution in [3.63, 3.8) is 0 Å². The minimum atomic E-state index is -0.697. The number of nitrogens with zero attached hydrogens (tertiary/aromatic N) is 2. The maximum absolute atomic E-state index is 11.5. The maximum Gasteiger partial charge on any atom is 0.320 e. The molecule has 0 radical (unpaired) electrons. The van der Waals surface area contributed by atoms with Crippen LogP contribution in [0.1, 0.15) is 25.0 Å². The molecule has 0 atom stereocenters. The van der Waals surface area contributed by atoms with E-state index in [1.54, 1.807) is 10.7 Å². The summed E-state index contributed by atoms with van der Waals surface area (Å²) in [7, 11) is 1.81. The average Bonchev–Trinajstić information content (AvgIpc) is 2.52. The Labute approximate surface area is 100 Å². The lowest BCUT2D eigenvalue weighted by Crippen LogP contribution is -2.48. The maximum atomic E-state index is 11.5. The fourth-order valence-corrected chi connectivity index (χ4v) is 1.79. The fourth-order valence-electron chi connectivity index (χ4n) is 1.79. The second-order valence-corrected chi connectivity index (χ2v) is 4.68. The molecule has 1 saturated carbocycles. The van der Waals surface area contributed by atoms with Crippen molar-refractivity contribution in [1.29, 1.82) is 0 Å². The van der Waals surface area contributed by atoms with E-state index in [1.165, 1.54) is 0 Å². The van der Waals surface area contributed by atoms with Crippen LogP contribution in [-0.4, -0.2) is 33.1 Å².